The van der Waals surface area contributed by atoms with Crippen molar-refractivity contribution in [1.29, 1.82) is 0 Å². The predicted octanol–water partition coefficient (Wildman–Crippen LogP) is 13.7. The van der Waals surface area contributed by atoms with Crippen LogP contribution in [0.5, 0.6) is 0 Å². The maximum Gasteiger partial charge on any atom is 0.323 e. The Labute approximate surface area is 673 Å². The summed E-state index contributed by atoms with van der Waals surface area (Å²) in [6.07, 6.45) is 7.92. The van der Waals surface area contributed by atoms with E-state index in [1.807, 2.05) is 51.1 Å². The highest BCUT2D eigenvalue weighted by Crippen LogP contribution is 2.40. The van der Waals surface area contributed by atoms with Crippen molar-refractivity contribution in [2.45, 2.75) is 46.0 Å². The van der Waals surface area contributed by atoms with E-state index in [-0.39, 0.29) is 72.0 Å². The number of carbonyl (C=O) groups excluding carboxylic acids is 4. The number of nitrogen functional groups attached to an aromatic ring is 4. The molecule has 0 spiro atoms. The lowest BCUT2D eigenvalue weighted by atomic mass is 9.92. The highest BCUT2D eigenvalue weighted by Gasteiger charge is 2.51. The average molecular weight is 1630 g/mol. The van der Waals surface area contributed by atoms with Crippen LogP contribution in [0.25, 0.3) is 45.0 Å². The Hall–Kier alpha value is -14.0. The van der Waals surface area contributed by atoms with Gasteiger partial charge in [0.25, 0.3) is 0 Å². The predicted molar refractivity (Wildman–Crippen MR) is 428 cm³/mol. The number of alkyl halides is 2. The highest BCUT2D eigenvalue weighted by molar-refractivity contribution is 7.11. The molecule has 4 saturated heterocycles. The van der Waals surface area contributed by atoms with E-state index >= 15 is 0 Å². The Morgan fingerprint density at radius 1 is 0.398 bits per heavy atom. The van der Waals surface area contributed by atoms with Crippen molar-refractivity contribution < 1.29 is 54.3 Å². The number of urea groups is 4. The van der Waals surface area contributed by atoms with Gasteiger partial charge in [0.05, 0.1) is 88.6 Å². The van der Waals surface area contributed by atoms with Gasteiger partial charge in [0.15, 0.2) is 46.5 Å². The van der Waals surface area contributed by atoms with Crippen molar-refractivity contribution >= 4 is 81.5 Å². The number of aryl methyl sites for hydroxylation is 3. The second kappa shape index (κ2) is 36.2. The molecule has 8 aromatic heterocycles. The van der Waals surface area contributed by atoms with Crippen LogP contribution < -0.4 is 44.2 Å². The van der Waals surface area contributed by atoms with Crippen LogP contribution >= 0.6 is 11.3 Å². The summed E-state index contributed by atoms with van der Waals surface area (Å²) < 4.78 is 107. The van der Waals surface area contributed by atoms with E-state index in [4.69, 9.17) is 22.9 Å². The number of amides is 8. The summed E-state index contributed by atoms with van der Waals surface area (Å²) in [6.45, 7) is 8.77. The number of hydrogen-bond acceptors (Lipinski definition) is 21. The molecule has 4 aliphatic heterocycles. The molecular formula is C81H76F8N24O4S. The minimum atomic E-state index is -3.41. The largest absolute Gasteiger partial charge is 0.396 e. The zero-order valence-corrected chi connectivity index (χ0v) is 64.2. The zero-order chi connectivity index (χ0) is 83.5. The van der Waals surface area contributed by atoms with Gasteiger partial charge >= 0.3 is 30.0 Å². The van der Waals surface area contributed by atoms with Gasteiger partial charge in [-0.05, 0) is 147 Å². The van der Waals surface area contributed by atoms with Crippen LogP contribution in [-0.2, 0) is 25.2 Å². The van der Waals surface area contributed by atoms with Crippen molar-refractivity contribution in [3.05, 3.63) is 250 Å². The lowest BCUT2D eigenvalue weighted by Crippen LogP contribution is -2.57. The van der Waals surface area contributed by atoms with E-state index in [0.717, 1.165) is 74.1 Å². The first kappa shape index (κ1) is 82.0. The van der Waals surface area contributed by atoms with E-state index in [1.54, 1.807) is 80.6 Å². The number of pyridine rings is 4. The second-order valence-electron chi connectivity index (χ2n) is 28.3. The fourth-order valence-corrected chi connectivity index (χ4v) is 13.7. The van der Waals surface area contributed by atoms with Crippen molar-refractivity contribution in [2.75, 3.05) is 96.6 Å². The monoisotopic (exact) mass is 1630 g/mol. The maximum atomic E-state index is 14.5. The summed E-state index contributed by atoms with van der Waals surface area (Å²) >= 11 is 1.59. The minimum Gasteiger partial charge on any atom is -0.396 e. The number of carbonyl (C=O) groups is 4. The summed E-state index contributed by atoms with van der Waals surface area (Å²) in [5.41, 5.74) is 32.5. The van der Waals surface area contributed by atoms with E-state index in [2.05, 4.69) is 81.3 Å². The van der Waals surface area contributed by atoms with Gasteiger partial charge < -0.3 is 42.5 Å². The number of nitrogens with zero attached hydrogens (tertiary/aromatic N) is 16. The molecule has 0 unspecified atom stereocenters. The molecule has 606 valence electrons. The second-order valence-corrected chi connectivity index (χ2v) is 29.5. The molecule has 12 N–H and O–H groups in total. The normalized spacial score (nSPS) is 14.0. The first-order valence-corrected chi connectivity index (χ1v) is 37.6. The van der Waals surface area contributed by atoms with Gasteiger partial charge in [0, 0.05) is 112 Å². The molecule has 4 aliphatic rings. The van der Waals surface area contributed by atoms with Gasteiger partial charge in [-0.1, -0.05) is 24.3 Å². The highest BCUT2D eigenvalue weighted by atomic mass is 32.1. The number of likely N-dealkylation sites (tertiary alicyclic amines) is 4. The molecule has 4 aromatic carbocycles. The molecule has 0 radical (unpaired) electrons. The Morgan fingerprint density at radius 2 is 0.746 bits per heavy atom. The van der Waals surface area contributed by atoms with Crippen molar-refractivity contribution in [3.63, 3.8) is 0 Å². The van der Waals surface area contributed by atoms with E-state index in [9.17, 15) is 54.3 Å². The first-order valence-electron chi connectivity index (χ1n) is 36.8. The van der Waals surface area contributed by atoms with E-state index in [0.29, 0.717) is 139 Å². The number of hydrogen-bond donors (Lipinski definition) is 8. The molecule has 0 atom stereocenters. The summed E-state index contributed by atoms with van der Waals surface area (Å²) in [4.78, 5) is 96.3. The SMILES string of the molecule is Cc1ccccc1-c1ccc(N)c(NC(=O)N2CC(Cc3ncc(F)cn3)C2)n1.Cc1nnc(CC2CN(C(=O)Nc3nc(-c4ccc(F)cc4C)ccc3N)C2)s1.Nc1ccc(-c2ccc(F)cc2)nc1NC(=O)N1CC(C(F)(F)c2ncc(F)cn2)C1.Nc1ccc(-c2ccc(F)cc2)nc1NC(=O)N1CC(Cc2ncc(F)cn2)C1. The Morgan fingerprint density at radius 3 is 1.13 bits per heavy atom. The Balaban J connectivity index is 0.000000136. The molecule has 16 rings (SSSR count). The van der Waals surface area contributed by atoms with Crippen molar-refractivity contribution in [2.24, 2.45) is 23.7 Å². The van der Waals surface area contributed by atoms with Crippen molar-refractivity contribution in [1.82, 2.24) is 79.6 Å². The number of anilines is 8. The lowest BCUT2D eigenvalue weighted by Gasteiger charge is -2.42. The quantitative estimate of drug-likeness (QED) is 0.0417. The maximum absolute atomic E-state index is 14.5. The number of benzene rings is 4. The van der Waals surface area contributed by atoms with Gasteiger partial charge in [0.1, 0.15) is 39.1 Å². The number of nitrogens with two attached hydrogens (primary N) is 4. The molecule has 0 saturated carbocycles. The Kier molecular flexibility index (Phi) is 25.2. The van der Waals surface area contributed by atoms with Crippen LogP contribution in [0.2, 0.25) is 0 Å². The number of rotatable bonds is 16. The summed E-state index contributed by atoms with van der Waals surface area (Å²) in [5.74, 6) is -5.27. The molecule has 37 heteroatoms. The van der Waals surface area contributed by atoms with Gasteiger partial charge in [0.2, 0.25) is 0 Å². The lowest BCUT2D eigenvalue weighted by molar-refractivity contribution is -0.117. The van der Waals surface area contributed by atoms with Gasteiger partial charge in [-0.3, -0.25) is 21.3 Å². The third-order valence-electron chi connectivity index (χ3n) is 19.4. The summed E-state index contributed by atoms with van der Waals surface area (Å²) in [6, 6.07) is 36.0. The first-order chi connectivity index (χ1) is 56.6. The number of halogens is 8. The smallest absolute Gasteiger partial charge is 0.323 e. The third-order valence-corrected chi connectivity index (χ3v) is 20.3. The molecule has 0 bridgehead atoms. The van der Waals surface area contributed by atoms with Gasteiger partial charge in [-0.25, -0.2) is 95.4 Å². The number of nitrogens with one attached hydrogen (secondary N) is 4. The van der Waals surface area contributed by atoms with E-state index in [1.165, 1.54) is 54.6 Å². The summed E-state index contributed by atoms with van der Waals surface area (Å²) in [5, 5.41) is 20.9. The standard InChI is InChI=1S/C21H21FN6O.C20H16F4N6O.C20H18F2N6O.C20H21FN6OS/c1-13-4-2-3-5-16(13)18-7-6-17(23)20(26-18)27-21(29)28-11-14(12-28)8-19-24-9-15(22)10-25-19;21-13-3-1-11(2-4-13)16-6-5-15(25)17(28-16)29-19(31)30-9-12(10-30)20(23,24)18-26-7-14(22)8-27-18;21-14-3-1-13(2-4-14)17-6-5-16(23)19(26-17)27-20(29)28-10-12(11-28)7-18-24-8-15(22)9-25-18;1-11-7-14(21)3-4-15(11)17-6-5-16(22)19(23-17)24-20(28)27-9-13(10-27)8-18-26-25-12(2)29-18/h2-7,9-10,14H,8,11-12,23H2,1H3,(H,26,27,29);1-8,12H,9-10,25H2,(H,28,29,31);1-6,8-9,12H,7,10-11,23H2,(H,26,27,29);3-7,13H,8-10,22H2,1-2H3,(H,23,24,28). The average Bonchev–Trinajstić information content (AvgIpc) is 0.837. The van der Waals surface area contributed by atoms with Crippen molar-refractivity contribution in [3.8, 4) is 45.0 Å². The number of aromatic nitrogens is 12. The van der Waals surface area contributed by atoms with E-state index < -0.39 is 47.0 Å². The van der Waals surface area contributed by atoms with Gasteiger partial charge in [-0.2, -0.15) is 8.78 Å². The van der Waals surface area contributed by atoms with Crippen LogP contribution in [0, 0.1) is 79.3 Å². The van der Waals surface area contributed by atoms with Crippen LogP contribution in [0.4, 0.5) is 100 Å². The van der Waals surface area contributed by atoms with Crippen LogP contribution in [0.15, 0.2) is 177 Å². The minimum absolute atomic E-state index is 0.0592. The molecule has 28 nitrogen and oxygen atoms in total. The molecule has 4 fully saturated rings. The fraction of sp³-hybridized carbons (Fsp3) is 0.235. The topological polar surface area (TPSA) is 388 Å². The fourth-order valence-electron chi connectivity index (χ4n) is 12.8. The molecule has 8 amide bonds. The summed E-state index contributed by atoms with van der Waals surface area (Å²) in [7, 11) is 0. The molecule has 0 aliphatic carbocycles. The van der Waals surface area contributed by atoms with Crippen LogP contribution in [-0.4, -0.2) is 156 Å². The third kappa shape index (κ3) is 20.6. The molecule has 12 aromatic rings. The molecular weight excluding hydrogens is 1560 g/mol. The van der Waals surface area contributed by atoms with Crippen LogP contribution in [0.3, 0.4) is 0 Å². The van der Waals surface area contributed by atoms with Crippen LogP contribution in [0.1, 0.15) is 38.6 Å². The Bertz CT molecular complexity index is 5590. The van der Waals surface area contributed by atoms with Gasteiger partial charge in [-0.15, -0.1) is 21.5 Å². The molecule has 118 heavy (non-hydrogen) atoms. The zero-order valence-electron chi connectivity index (χ0n) is 63.4. The molecule has 12 heterocycles.